The Morgan fingerprint density at radius 3 is 1.91 bits per heavy atom. The minimum Gasteiger partial charge on any atom is -0.302 e. The summed E-state index contributed by atoms with van der Waals surface area (Å²) < 4.78 is 2.36. The van der Waals surface area contributed by atoms with Gasteiger partial charge < -0.3 is 4.57 Å². The first-order chi connectivity index (χ1) is 16.9. The number of nitrogens with zero attached hydrogens (tertiary/aromatic N) is 1. The summed E-state index contributed by atoms with van der Waals surface area (Å²) in [5.41, 5.74) is 3.50. The number of aromatic nitrogens is 1. The van der Waals surface area contributed by atoms with Crippen LogP contribution in [0.25, 0.3) is 27.5 Å². The van der Waals surface area contributed by atoms with Crippen molar-refractivity contribution in [3.05, 3.63) is 127 Å². The largest absolute Gasteiger partial charge is 0.302 e. The molecule has 0 spiro atoms. The molecule has 6 aromatic rings. The quantitative estimate of drug-likeness (QED) is 0.269. The van der Waals surface area contributed by atoms with Gasteiger partial charge in [0.25, 0.3) is 0 Å². The van der Waals surface area contributed by atoms with Gasteiger partial charge in [0.15, 0.2) is 0 Å². The van der Waals surface area contributed by atoms with Crippen molar-refractivity contribution in [2.75, 3.05) is 6.66 Å². The second-order valence-corrected chi connectivity index (χ2v) is 11.4. The Morgan fingerprint density at radius 2 is 1.29 bits per heavy atom. The molecule has 0 saturated carbocycles. The lowest BCUT2D eigenvalue weighted by Gasteiger charge is -2.21. The third kappa shape index (κ3) is 3.52. The number of hydrogen-bond acceptors (Lipinski definition) is 0. The van der Waals surface area contributed by atoms with Crippen molar-refractivity contribution in [1.82, 2.24) is 4.57 Å². The normalized spacial score (nSPS) is 11.6. The van der Waals surface area contributed by atoms with E-state index in [1.54, 1.807) is 0 Å². The molecule has 0 radical (unpaired) electrons. The highest BCUT2D eigenvalue weighted by Crippen LogP contribution is 2.40. The first-order valence-electron chi connectivity index (χ1n) is 11.4. The van der Waals surface area contributed by atoms with Crippen LogP contribution in [0.2, 0.25) is 0 Å². The summed E-state index contributed by atoms with van der Waals surface area (Å²) in [4.78, 5) is 0. The molecular formula is C31H23NP2. The topological polar surface area (TPSA) is 4.93 Å². The smallest absolute Gasteiger partial charge is 0.106 e. The van der Waals surface area contributed by atoms with E-state index in [2.05, 4.69) is 139 Å². The third-order valence-electron chi connectivity index (χ3n) is 6.20. The lowest BCUT2D eigenvalue weighted by atomic mass is 10.2. The highest BCUT2D eigenvalue weighted by atomic mass is 31.1. The van der Waals surface area contributed by atoms with Gasteiger partial charge in [-0.2, -0.15) is 0 Å². The molecule has 0 saturated heterocycles. The molecule has 3 heteroatoms. The van der Waals surface area contributed by atoms with Crippen LogP contribution in [0.15, 0.2) is 115 Å². The molecule has 0 aliphatic rings. The SMILES string of the molecule is CPc1cc#cc2c1c1c(P(c3ccccc3)c3ccccc3)cccc1n2-c1ccccc1. The van der Waals surface area contributed by atoms with E-state index < -0.39 is 7.92 Å². The second kappa shape index (κ2) is 9.08. The average molecular weight is 471 g/mol. The predicted molar refractivity (Wildman–Crippen MR) is 151 cm³/mol. The van der Waals surface area contributed by atoms with Crippen LogP contribution in [0.5, 0.6) is 0 Å². The molecule has 1 nitrogen and oxygen atoms in total. The van der Waals surface area contributed by atoms with Crippen molar-refractivity contribution >= 4 is 59.5 Å². The lowest BCUT2D eigenvalue weighted by Crippen LogP contribution is -2.21. The molecule has 0 amide bonds. The standard InChI is InChI=1S/C31H23NP2/c1-33-28-21-11-19-26-30(28)31-27(32(26)23-13-5-2-6-14-23)20-12-22-29(31)34(24-15-7-3-8-16-24)25-17-9-4-10-18-25/h2-10,12-18,20-22,33H,1H3. The molecular weight excluding hydrogens is 448 g/mol. The van der Waals surface area contributed by atoms with E-state index in [-0.39, 0.29) is 0 Å². The summed E-state index contributed by atoms with van der Waals surface area (Å²) in [6.45, 7) is 2.26. The zero-order valence-corrected chi connectivity index (χ0v) is 20.8. The fraction of sp³-hybridized carbons (Fsp3) is 0.0323. The Labute approximate surface area is 203 Å². The van der Waals surface area contributed by atoms with E-state index in [1.165, 1.54) is 37.5 Å². The number of hydrogen-bond donors (Lipinski definition) is 0. The molecule has 162 valence electrons. The van der Waals surface area contributed by atoms with Crippen molar-refractivity contribution < 1.29 is 0 Å². The Kier molecular flexibility index (Phi) is 5.65. The Morgan fingerprint density at radius 1 is 0.676 bits per heavy atom. The molecule has 0 N–H and O–H groups in total. The van der Waals surface area contributed by atoms with E-state index in [9.17, 15) is 0 Å². The summed E-state index contributed by atoms with van der Waals surface area (Å²) in [5, 5.41) is 8.12. The van der Waals surface area contributed by atoms with Crippen molar-refractivity contribution in [1.29, 1.82) is 0 Å². The molecule has 34 heavy (non-hydrogen) atoms. The van der Waals surface area contributed by atoms with Crippen LogP contribution >= 0.6 is 16.5 Å². The maximum absolute atomic E-state index is 3.48. The molecule has 5 aromatic carbocycles. The number of para-hydroxylation sites is 1. The Bertz CT molecular complexity index is 1530. The minimum absolute atomic E-state index is 0.684. The van der Waals surface area contributed by atoms with Crippen LogP contribution in [0.1, 0.15) is 0 Å². The van der Waals surface area contributed by atoms with Crippen molar-refractivity contribution in [2.45, 2.75) is 0 Å². The van der Waals surface area contributed by atoms with Gasteiger partial charge in [-0.25, -0.2) is 0 Å². The lowest BCUT2D eigenvalue weighted by molar-refractivity contribution is 1.18. The number of benzene rings is 4. The molecule has 1 unspecified atom stereocenters. The zero-order chi connectivity index (χ0) is 22.9. The fourth-order valence-electron chi connectivity index (χ4n) is 4.76. The van der Waals surface area contributed by atoms with Gasteiger partial charge in [0.05, 0.1) is 5.52 Å². The minimum atomic E-state index is -0.726. The molecule has 0 aliphatic carbocycles. The van der Waals surface area contributed by atoms with Gasteiger partial charge >= 0.3 is 0 Å². The highest BCUT2D eigenvalue weighted by molar-refractivity contribution is 7.80. The predicted octanol–water partition coefficient (Wildman–Crippen LogP) is 6.08. The Balaban J connectivity index is 1.76. The number of fused-ring (bicyclic) bond motifs is 3. The van der Waals surface area contributed by atoms with Crippen LogP contribution in [0, 0.1) is 12.1 Å². The molecule has 1 aromatic heterocycles. The first-order valence-corrected chi connectivity index (χ1v) is 14.2. The fourth-order valence-corrected chi connectivity index (χ4v) is 7.95. The molecule has 0 aliphatic heterocycles. The van der Waals surface area contributed by atoms with E-state index in [4.69, 9.17) is 0 Å². The van der Waals surface area contributed by atoms with Gasteiger partial charge in [-0.3, -0.25) is 0 Å². The Hall–Kier alpha value is -3.42. The summed E-state index contributed by atoms with van der Waals surface area (Å²) in [6.07, 6.45) is 0. The second-order valence-electron chi connectivity index (χ2n) is 8.15. The summed E-state index contributed by atoms with van der Waals surface area (Å²) >= 11 is 0. The summed E-state index contributed by atoms with van der Waals surface area (Å²) in [7, 11) is -0.0426. The summed E-state index contributed by atoms with van der Waals surface area (Å²) in [6, 6.07) is 48.3. The van der Waals surface area contributed by atoms with E-state index >= 15 is 0 Å². The van der Waals surface area contributed by atoms with Gasteiger partial charge in [0.1, 0.15) is 5.52 Å². The maximum atomic E-state index is 3.48. The van der Waals surface area contributed by atoms with Gasteiger partial charge in [-0.1, -0.05) is 106 Å². The first kappa shape index (κ1) is 21.1. The van der Waals surface area contributed by atoms with Crippen LogP contribution in [-0.2, 0) is 0 Å². The summed E-state index contributed by atoms with van der Waals surface area (Å²) in [5.74, 6) is 0. The maximum Gasteiger partial charge on any atom is 0.106 e. The average Bonchev–Trinajstić information content (AvgIpc) is 3.26. The van der Waals surface area contributed by atoms with Crippen molar-refractivity contribution in [2.24, 2.45) is 0 Å². The van der Waals surface area contributed by atoms with Crippen molar-refractivity contribution in [3.8, 4) is 5.69 Å². The molecule has 0 fully saturated rings. The number of rotatable bonds is 5. The molecule has 1 heterocycles. The molecule has 1 atom stereocenters. The monoisotopic (exact) mass is 471 g/mol. The van der Waals surface area contributed by atoms with Crippen LogP contribution in [0.3, 0.4) is 0 Å². The van der Waals surface area contributed by atoms with Gasteiger partial charge in [0, 0.05) is 16.5 Å². The van der Waals surface area contributed by atoms with Gasteiger partial charge in [0.2, 0.25) is 0 Å². The van der Waals surface area contributed by atoms with Crippen molar-refractivity contribution in [3.63, 3.8) is 0 Å². The van der Waals surface area contributed by atoms with Crippen LogP contribution in [-0.4, -0.2) is 11.2 Å². The highest BCUT2D eigenvalue weighted by Gasteiger charge is 2.23. The van der Waals surface area contributed by atoms with E-state index in [0.29, 0.717) is 8.58 Å². The zero-order valence-electron chi connectivity index (χ0n) is 18.9. The third-order valence-corrected chi connectivity index (χ3v) is 9.62. The van der Waals surface area contributed by atoms with Crippen LogP contribution < -0.4 is 21.2 Å². The van der Waals surface area contributed by atoms with E-state index in [1.807, 2.05) is 0 Å². The van der Waals surface area contributed by atoms with Crippen LogP contribution in [0.4, 0.5) is 0 Å². The van der Waals surface area contributed by atoms with Gasteiger partial charge in [-0.15, -0.1) is 0 Å². The van der Waals surface area contributed by atoms with Gasteiger partial charge in [-0.05, 0) is 66.1 Å². The van der Waals surface area contributed by atoms with E-state index in [0.717, 1.165) is 11.2 Å². The molecule has 0 bridgehead atoms. The molecule has 6 rings (SSSR count).